The zero-order chi connectivity index (χ0) is 19.4. The normalized spacial score (nSPS) is 10.4. The number of halogens is 2. The van der Waals surface area contributed by atoms with E-state index in [1.165, 1.54) is 13.4 Å². The van der Waals surface area contributed by atoms with Crippen molar-refractivity contribution in [2.45, 2.75) is 0 Å². The summed E-state index contributed by atoms with van der Waals surface area (Å²) in [5.74, 6) is 0.306. The molecular formula is C18H17F2N5O2. The standard InChI is InChI=1S/C18H17F2N5O2/c1-26-11-4-6-13(15(8-11)27-2)24-17-16(21)18(23-9-22-17)25-14-7-10(19)3-5-12(14)20/h3-9H,21H2,1-2H3,(H2,22,23,24,25). The van der Waals surface area contributed by atoms with Gasteiger partial charge in [-0.25, -0.2) is 18.7 Å². The maximum absolute atomic E-state index is 13.8. The van der Waals surface area contributed by atoms with E-state index in [-0.39, 0.29) is 23.0 Å². The molecular weight excluding hydrogens is 356 g/mol. The van der Waals surface area contributed by atoms with E-state index in [4.69, 9.17) is 15.2 Å². The Bertz CT molecular complexity index is 968. The Balaban J connectivity index is 1.90. The zero-order valence-corrected chi connectivity index (χ0v) is 14.6. The molecule has 1 heterocycles. The van der Waals surface area contributed by atoms with E-state index >= 15 is 0 Å². The molecule has 0 aliphatic heterocycles. The number of hydrogen-bond acceptors (Lipinski definition) is 7. The molecule has 0 atom stereocenters. The van der Waals surface area contributed by atoms with Gasteiger partial charge in [-0.05, 0) is 24.3 Å². The predicted molar refractivity (Wildman–Crippen MR) is 98.9 cm³/mol. The Morgan fingerprint density at radius 1 is 0.889 bits per heavy atom. The van der Waals surface area contributed by atoms with Crippen molar-refractivity contribution in [3.8, 4) is 11.5 Å². The molecule has 0 saturated carbocycles. The van der Waals surface area contributed by atoms with Crippen LogP contribution in [0.4, 0.5) is 37.5 Å². The van der Waals surface area contributed by atoms with Crippen LogP contribution >= 0.6 is 0 Å². The van der Waals surface area contributed by atoms with Gasteiger partial charge in [0.05, 0.1) is 25.6 Å². The van der Waals surface area contributed by atoms with E-state index in [2.05, 4.69) is 20.6 Å². The molecule has 9 heteroatoms. The molecule has 0 bridgehead atoms. The molecule has 4 N–H and O–H groups in total. The molecule has 0 unspecified atom stereocenters. The van der Waals surface area contributed by atoms with E-state index in [0.29, 0.717) is 17.2 Å². The molecule has 140 valence electrons. The van der Waals surface area contributed by atoms with Crippen molar-refractivity contribution in [2.24, 2.45) is 0 Å². The lowest BCUT2D eigenvalue weighted by molar-refractivity contribution is 0.395. The van der Waals surface area contributed by atoms with Crippen LogP contribution in [0.2, 0.25) is 0 Å². The third-order valence-corrected chi connectivity index (χ3v) is 3.73. The first-order valence-electron chi connectivity index (χ1n) is 7.83. The van der Waals surface area contributed by atoms with Crippen molar-refractivity contribution in [2.75, 3.05) is 30.6 Å². The van der Waals surface area contributed by atoms with Crippen LogP contribution in [0.3, 0.4) is 0 Å². The van der Waals surface area contributed by atoms with Gasteiger partial charge in [0.25, 0.3) is 0 Å². The van der Waals surface area contributed by atoms with E-state index < -0.39 is 11.6 Å². The number of methoxy groups -OCH3 is 2. The summed E-state index contributed by atoms with van der Waals surface area (Å²) >= 11 is 0. The first-order valence-corrected chi connectivity index (χ1v) is 7.83. The third-order valence-electron chi connectivity index (χ3n) is 3.73. The molecule has 0 aliphatic rings. The number of nitrogens with two attached hydrogens (primary N) is 1. The number of aromatic nitrogens is 2. The number of nitrogens with zero attached hydrogens (tertiary/aromatic N) is 2. The summed E-state index contributed by atoms with van der Waals surface area (Å²) in [6.45, 7) is 0. The van der Waals surface area contributed by atoms with Gasteiger partial charge in [-0.3, -0.25) is 0 Å². The summed E-state index contributed by atoms with van der Waals surface area (Å²) in [6, 6.07) is 8.21. The lowest BCUT2D eigenvalue weighted by Gasteiger charge is -2.15. The summed E-state index contributed by atoms with van der Waals surface area (Å²) in [6.07, 6.45) is 1.24. The van der Waals surface area contributed by atoms with Crippen molar-refractivity contribution in [1.29, 1.82) is 0 Å². The fourth-order valence-corrected chi connectivity index (χ4v) is 2.34. The van der Waals surface area contributed by atoms with E-state index in [9.17, 15) is 8.78 Å². The number of hydrogen-bond donors (Lipinski definition) is 3. The number of nitrogen functional groups attached to an aromatic ring is 1. The molecule has 0 amide bonds. The molecule has 2 aromatic carbocycles. The average Bonchev–Trinajstić information content (AvgIpc) is 2.68. The number of ether oxygens (including phenoxy) is 2. The molecule has 3 aromatic rings. The maximum atomic E-state index is 13.8. The second-order valence-corrected chi connectivity index (χ2v) is 5.42. The minimum atomic E-state index is -0.638. The Hall–Kier alpha value is -3.62. The molecule has 0 fully saturated rings. The quantitative estimate of drug-likeness (QED) is 0.604. The van der Waals surface area contributed by atoms with Crippen molar-refractivity contribution >= 4 is 28.7 Å². The van der Waals surface area contributed by atoms with Crippen LogP contribution in [0.1, 0.15) is 0 Å². The van der Waals surface area contributed by atoms with Gasteiger partial charge in [0.15, 0.2) is 11.6 Å². The Morgan fingerprint density at radius 3 is 2.26 bits per heavy atom. The Kier molecular flexibility index (Phi) is 5.20. The average molecular weight is 373 g/mol. The van der Waals surface area contributed by atoms with Crippen LogP contribution in [0, 0.1) is 11.6 Å². The Morgan fingerprint density at radius 2 is 1.59 bits per heavy atom. The van der Waals surface area contributed by atoms with Crippen molar-refractivity contribution < 1.29 is 18.3 Å². The largest absolute Gasteiger partial charge is 0.497 e. The summed E-state index contributed by atoms with van der Waals surface area (Å²) in [5.41, 5.74) is 6.71. The highest BCUT2D eigenvalue weighted by Crippen LogP contribution is 2.34. The van der Waals surface area contributed by atoms with E-state index in [0.717, 1.165) is 18.2 Å². The molecule has 0 radical (unpaired) electrons. The van der Waals surface area contributed by atoms with Crippen molar-refractivity contribution in [3.63, 3.8) is 0 Å². The number of rotatable bonds is 6. The minimum Gasteiger partial charge on any atom is -0.497 e. The van der Waals surface area contributed by atoms with Gasteiger partial charge in [-0.1, -0.05) is 0 Å². The summed E-state index contributed by atoms with van der Waals surface area (Å²) in [7, 11) is 3.07. The van der Waals surface area contributed by atoms with Gasteiger partial charge in [0.2, 0.25) is 0 Å². The molecule has 0 spiro atoms. The molecule has 0 aliphatic carbocycles. The van der Waals surface area contributed by atoms with E-state index in [1.807, 2.05) is 0 Å². The molecule has 27 heavy (non-hydrogen) atoms. The van der Waals surface area contributed by atoms with Gasteiger partial charge < -0.3 is 25.8 Å². The summed E-state index contributed by atoms with van der Waals surface area (Å²) in [5, 5.41) is 5.70. The van der Waals surface area contributed by atoms with Crippen molar-refractivity contribution in [1.82, 2.24) is 9.97 Å². The van der Waals surface area contributed by atoms with Crippen LogP contribution in [0.5, 0.6) is 11.5 Å². The summed E-state index contributed by atoms with van der Waals surface area (Å²) in [4.78, 5) is 8.08. The van der Waals surface area contributed by atoms with Gasteiger partial charge in [0, 0.05) is 12.1 Å². The first kappa shape index (κ1) is 18.2. The third kappa shape index (κ3) is 3.97. The first-order chi connectivity index (χ1) is 13.0. The second-order valence-electron chi connectivity index (χ2n) is 5.42. The number of anilines is 5. The van der Waals surface area contributed by atoms with Crippen LogP contribution in [-0.2, 0) is 0 Å². The van der Waals surface area contributed by atoms with Crippen LogP contribution < -0.4 is 25.8 Å². The fourth-order valence-electron chi connectivity index (χ4n) is 2.34. The number of benzene rings is 2. The predicted octanol–water partition coefficient (Wildman–Crippen LogP) is 3.84. The zero-order valence-electron chi connectivity index (χ0n) is 14.6. The monoisotopic (exact) mass is 373 g/mol. The van der Waals surface area contributed by atoms with Crippen LogP contribution in [-0.4, -0.2) is 24.2 Å². The minimum absolute atomic E-state index is 0.0895. The SMILES string of the molecule is COc1ccc(Nc2ncnc(Nc3cc(F)ccc3F)c2N)c(OC)c1. The van der Waals surface area contributed by atoms with Gasteiger partial charge in [-0.2, -0.15) is 0 Å². The van der Waals surface area contributed by atoms with Gasteiger partial charge >= 0.3 is 0 Å². The highest BCUT2D eigenvalue weighted by atomic mass is 19.1. The lowest BCUT2D eigenvalue weighted by Crippen LogP contribution is -2.06. The van der Waals surface area contributed by atoms with Gasteiger partial charge in [0.1, 0.15) is 35.1 Å². The van der Waals surface area contributed by atoms with Crippen molar-refractivity contribution in [3.05, 3.63) is 54.4 Å². The molecule has 7 nitrogen and oxygen atoms in total. The molecule has 3 rings (SSSR count). The second kappa shape index (κ2) is 7.73. The highest BCUT2D eigenvalue weighted by molar-refractivity contribution is 5.81. The lowest BCUT2D eigenvalue weighted by atomic mass is 10.2. The number of nitrogens with one attached hydrogen (secondary N) is 2. The smallest absolute Gasteiger partial charge is 0.159 e. The topological polar surface area (TPSA) is 94.3 Å². The van der Waals surface area contributed by atoms with Gasteiger partial charge in [-0.15, -0.1) is 0 Å². The van der Waals surface area contributed by atoms with Crippen LogP contribution in [0.25, 0.3) is 0 Å². The summed E-state index contributed by atoms with van der Waals surface area (Å²) < 4.78 is 37.7. The highest BCUT2D eigenvalue weighted by Gasteiger charge is 2.13. The van der Waals surface area contributed by atoms with Crippen LogP contribution in [0.15, 0.2) is 42.7 Å². The molecule has 1 aromatic heterocycles. The Labute approximate surface area is 154 Å². The molecule has 0 saturated heterocycles. The maximum Gasteiger partial charge on any atom is 0.159 e. The van der Waals surface area contributed by atoms with E-state index in [1.54, 1.807) is 25.3 Å². The fraction of sp³-hybridized carbons (Fsp3) is 0.111.